The average Bonchev–Trinajstić information content (AvgIpc) is 2.81. The van der Waals surface area contributed by atoms with Crippen LogP contribution in [-0.2, 0) is 15.6 Å². The van der Waals surface area contributed by atoms with Crippen LogP contribution >= 0.6 is 0 Å². The van der Waals surface area contributed by atoms with Gasteiger partial charge in [0.15, 0.2) is 23.7 Å². The highest BCUT2D eigenvalue weighted by Gasteiger charge is 2.43. The van der Waals surface area contributed by atoms with E-state index in [2.05, 4.69) is 11.7 Å². The maximum atomic E-state index is 14.7. The molecule has 3 nitrogen and oxygen atoms in total. The molecule has 35 heavy (non-hydrogen) atoms. The van der Waals surface area contributed by atoms with Gasteiger partial charge in [0.1, 0.15) is 22.9 Å². The van der Waals surface area contributed by atoms with Crippen LogP contribution in [-0.4, -0.2) is 13.2 Å². The van der Waals surface area contributed by atoms with Crippen LogP contribution in [0.15, 0.2) is 18.2 Å². The molecule has 0 spiro atoms. The van der Waals surface area contributed by atoms with Gasteiger partial charge in [0, 0.05) is 24.5 Å². The van der Waals surface area contributed by atoms with Gasteiger partial charge < -0.3 is 14.2 Å². The van der Waals surface area contributed by atoms with Gasteiger partial charge in [0.05, 0.1) is 13.2 Å². The van der Waals surface area contributed by atoms with E-state index in [9.17, 15) is 30.7 Å². The second-order valence-electron chi connectivity index (χ2n) is 9.37. The Kier molecular flexibility index (Phi) is 7.33. The lowest BCUT2D eigenvalue weighted by atomic mass is 9.76. The van der Waals surface area contributed by atoms with Crippen LogP contribution in [0.1, 0.15) is 57.0 Å². The maximum Gasteiger partial charge on any atom is 0.432 e. The van der Waals surface area contributed by atoms with Crippen LogP contribution in [0.3, 0.4) is 0 Å². The first-order valence-electron chi connectivity index (χ1n) is 11.4. The molecule has 0 aromatic heterocycles. The van der Waals surface area contributed by atoms with Crippen LogP contribution in [0.5, 0.6) is 5.75 Å². The molecule has 2 fully saturated rings. The van der Waals surface area contributed by atoms with Crippen molar-refractivity contribution in [1.82, 2.24) is 0 Å². The summed E-state index contributed by atoms with van der Waals surface area (Å²) in [5, 5.41) is 0. The third kappa shape index (κ3) is 5.28. The van der Waals surface area contributed by atoms with E-state index >= 15 is 0 Å². The molecule has 10 heteroatoms. The zero-order valence-corrected chi connectivity index (χ0v) is 19.2. The van der Waals surface area contributed by atoms with E-state index in [4.69, 9.17) is 9.47 Å². The van der Waals surface area contributed by atoms with E-state index in [1.54, 1.807) is 0 Å². The molecule has 2 aromatic carbocycles. The fourth-order valence-electron chi connectivity index (χ4n) is 4.71. The summed E-state index contributed by atoms with van der Waals surface area (Å²) < 4.78 is 115. The molecular formula is C25H27F7O3. The van der Waals surface area contributed by atoms with Crippen molar-refractivity contribution in [2.24, 2.45) is 17.8 Å². The van der Waals surface area contributed by atoms with Crippen molar-refractivity contribution in [3.63, 3.8) is 0 Å². The summed E-state index contributed by atoms with van der Waals surface area (Å²) >= 11 is 0. The Balaban J connectivity index is 0.00000361. The van der Waals surface area contributed by atoms with Crippen LogP contribution in [0, 0.1) is 53.8 Å². The second-order valence-corrected chi connectivity index (χ2v) is 9.37. The van der Waals surface area contributed by atoms with E-state index in [-0.39, 0.29) is 19.0 Å². The standard InChI is InChI=1S/C25H25F7O3.H2/c1-12-3-5-14(6-4-12)16-10-33-24(34-11-16)15-7-17(26)21(18(27)8-15)25(31,32)35-20-9-19(28)23(30)22(29)13(20)2;/h7-9,12,14,16,24H,3-6,10-11H2,1-2H3;1H. The van der Waals surface area contributed by atoms with Crippen molar-refractivity contribution in [3.8, 4) is 5.75 Å². The lowest BCUT2D eigenvalue weighted by Gasteiger charge is -2.37. The number of rotatable bonds is 5. The van der Waals surface area contributed by atoms with Crippen molar-refractivity contribution in [3.05, 3.63) is 64.0 Å². The summed E-state index contributed by atoms with van der Waals surface area (Å²) in [7, 11) is 0. The molecule has 0 radical (unpaired) electrons. The van der Waals surface area contributed by atoms with E-state index < -0.39 is 58.4 Å². The molecule has 0 N–H and O–H groups in total. The zero-order chi connectivity index (χ0) is 25.5. The van der Waals surface area contributed by atoms with E-state index in [0.29, 0.717) is 37.2 Å². The smallest absolute Gasteiger partial charge is 0.428 e. The minimum absolute atomic E-state index is 0. The third-order valence-corrected chi connectivity index (χ3v) is 6.88. The topological polar surface area (TPSA) is 27.7 Å². The number of ether oxygens (including phenoxy) is 3. The summed E-state index contributed by atoms with van der Waals surface area (Å²) in [6, 6.07) is 1.46. The molecule has 2 aliphatic rings. The molecule has 0 amide bonds. The summed E-state index contributed by atoms with van der Waals surface area (Å²) in [6.45, 7) is 3.70. The lowest BCUT2D eigenvalue weighted by molar-refractivity contribution is -0.215. The molecule has 0 bridgehead atoms. The summed E-state index contributed by atoms with van der Waals surface area (Å²) in [4.78, 5) is 0. The predicted molar refractivity (Wildman–Crippen MR) is 113 cm³/mol. The Morgan fingerprint density at radius 1 is 0.829 bits per heavy atom. The third-order valence-electron chi connectivity index (χ3n) is 6.88. The highest BCUT2D eigenvalue weighted by molar-refractivity contribution is 5.37. The van der Waals surface area contributed by atoms with Gasteiger partial charge in [-0.25, -0.2) is 22.0 Å². The predicted octanol–water partition coefficient (Wildman–Crippen LogP) is 7.55. The maximum absolute atomic E-state index is 14.7. The van der Waals surface area contributed by atoms with Gasteiger partial charge in [-0.2, -0.15) is 8.78 Å². The SMILES string of the molecule is Cc1c(OC(F)(F)c2c(F)cc(C3OCC(C4CCC(C)CC4)CO3)cc2F)cc(F)c(F)c1F.[HH]. The van der Waals surface area contributed by atoms with Gasteiger partial charge in [-0.05, 0) is 43.7 Å². The van der Waals surface area contributed by atoms with Crippen LogP contribution in [0.25, 0.3) is 0 Å². The molecule has 1 aliphatic heterocycles. The first-order valence-corrected chi connectivity index (χ1v) is 11.4. The van der Waals surface area contributed by atoms with Gasteiger partial charge in [-0.1, -0.05) is 19.8 Å². The van der Waals surface area contributed by atoms with Crippen LogP contribution in [0.2, 0.25) is 0 Å². The number of alkyl halides is 2. The Morgan fingerprint density at radius 3 is 1.97 bits per heavy atom. The van der Waals surface area contributed by atoms with E-state index in [0.717, 1.165) is 32.6 Å². The lowest BCUT2D eigenvalue weighted by Crippen LogP contribution is -2.34. The molecule has 0 unspecified atom stereocenters. The molecule has 4 rings (SSSR count). The van der Waals surface area contributed by atoms with E-state index in [1.165, 1.54) is 0 Å². The molecule has 1 saturated carbocycles. The monoisotopic (exact) mass is 508 g/mol. The fraction of sp³-hybridized carbons (Fsp3) is 0.520. The van der Waals surface area contributed by atoms with Crippen molar-refractivity contribution in [1.29, 1.82) is 0 Å². The first kappa shape index (κ1) is 25.8. The van der Waals surface area contributed by atoms with E-state index in [1.807, 2.05) is 0 Å². The Bertz CT molecular complexity index is 1060. The highest BCUT2D eigenvalue weighted by atomic mass is 19.3. The van der Waals surface area contributed by atoms with Gasteiger partial charge in [0.25, 0.3) is 0 Å². The Hall–Kier alpha value is -2.33. The minimum Gasteiger partial charge on any atom is -0.428 e. The van der Waals surface area contributed by atoms with Gasteiger partial charge in [0.2, 0.25) is 0 Å². The number of hydrogen-bond acceptors (Lipinski definition) is 3. The zero-order valence-electron chi connectivity index (χ0n) is 19.2. The molecule has 1 saturated heterocycles. The molecular weight excluding hydrogens is 481 g/mol. The summed E-state index contributed by atoms with van der Waals surface area (Å²) in [6.07, 6.45) is -1.45. The molecule has 1 heterocycles. The largest absolute Gasteiger partial charge is 0.432 e. The van der Waals surface area contributed by atoms with Crippen molar-refractivity contribution >= 4 is 0 Å². The van der Waals surface area contributed by atoms with Gasteiger partial charge in [-0.3, -0.25) is 0 Å². The quantitative estimate of drug-likeness (QED) is 0.308. The summed E-state index contributed by atoms with van der Waals surface area (Å²) in [5.41, 5.74) is -2.69. The van der Waals surface area contributed by atoms with Gasteiger partial charge in [-0.15, -0.1) is 0 Å². The van der Waals surface area contributed by atoms with Crippen LogP contribution in [0.4, 0.5) is 30.7 Å². The normalized spacial score (nSPS) is 25.5. The van der Waals surface area contributed by atoms with Crippen molar-refractivity contribution in [2.45, 2.75) is 51.9 Å². The number of halogens is 7. The first-order chi connectivity index (χ1) is 16.5. The number of hydrogen-bond donors (Lipinski definition) is 0. The van der Waals surface area contributed by atoms with Gasteiger partial charge >= 0.3 is 6.11 Å². The fourth-order valence-corrected chi connectivity index (χ4v) is 4.71. The Morgan fingerprint density at radius 2 is 1.40 bits per heavy atom. The second kappa shape index (κ2) is 9.97. The van der Waals surface area contributed by atoms with Crippen LogP contribution < -0.4 is 4.74 Å². The Labute approximate surface area is 199 Å². The number of benzene rings is 2. The molecule has 0 atom stereocenters. The molecule has 1 aliphatic carbocycles. The average molecular weight is 508 g/mol. The molecule has 2 aromatic rings. The molecule has 194 valence electrons. The highest BCUT2D eigenvalue weighted by Crippen LogP contribution is 2.40. The summed E-state index contributed by atoms with van der Waals surface area (Å²) in [5.74, 6) is -8.59. The minimum atomic E-state index is -4.66. The van der Waals surface area contributed by atoms with Crippen molar-refractivity contribution in [2.75, 3.05) is 13.2 Å². The van der Waals surface area contributed by atoms with Crippen molar-refractivity contribution < 1.29 is 46.4 Å².